The standard InChI is InChI=1S/C25H31N3O4/c1-2-22(25(30)26-21-13-7-8-14-21)27(17-16-19-10-4-3-5-11-19)24(29)18-20-12-6-9-15-23(20)28(31)32/h3-6,9-12,15,21-22H,2,7-8,13-14,16-18H2,1H3,(H,26,30)/t22-/m0/s1. The SMILES string of the molecule is CC[C@@H](C(=O)NC1CCCC1)N(CCc1ccccc1)C(=O)Cc1ccccc1[N+](=O)[O-]. The van der Waals surface area contributed by atoms with Gasteiger partial charge in [-0.05, 0) is 31.2 Å². The zero-order valence-corrected chi connectivity index (χ0v) is 18.5. The van der Waals surface area contributed by atoms with E-state index in [0.717, 1.165) is 31.2 Å². The fourth-order valence-corrected chi connectivity index (χ4v) is 4.37. The number of nitro groups is 1. The summed E-state index contributed by atoms with van der Waals surface area (Å²) < 4.78 is 0. The minimum Gasteiger partial charge on any atom is -0.352 e. The maximum Gasteiger partial charge on any atom is 0.273 e. The number of hydrogen-bond acceptors (Lipinski definition) is 4. The predicted octanol–water partition coefficient (Wildman–Crippen LogP) is 4.05. The Labute approximate surface area is 189 Å². The molecule has 7 heteroatoms. The molecule has 1 N–H and O–H groups in total. The highest BCUT2D eigenvalue weighted by Crippen LogP contribution is 2.21. The summed E-state index contributed by atoms with van der Waals surface area (Å²) in [5.41, 5.74) is 1.35. The number of carbonyl (C=O) groups excluding carboxylic acids is 2. The molecule has 1 aliphatic rings. The molecule has 1 saturated carbocycles. The Morgan fingerprint density at radius 3 is 2.41 bits per heavy atom. The molecule has 1 fully saturated rings. The van der Waals surface area contributed by atoms with E-state index < -0.39 is 11.0 Å². The molecule has 2 aromatic rings. The molecule has 0 heterocycles. The quantitative estimate of drug-likeness (QED) is 0.448. The lowest BCUT2D eigenvalue weighted by molar-refractivity contribution is -0.385. The molecule has 7 nitrogen and oxygen atoms in total. The van der Waals surface area contributed by atoms with Crippen molar-refractivity contribution >= 4 is 17.5 Å². The Morgan fingerprint density at radius 2 is 1.75 bits per heavy atom. The van der Waals surface area contributed by atoms with Gasteiger partial charge in [-0.25, -0.2) is 0 Å². The van der Waals surface area contributed by atoms with Crippen LogP contribution in [0.5, 0.6) is 0 Å². The summed E-state index contributed by atoms with van der Waals surface area (Å²) in [5, 5.41) is 14.5. The molecule has 3 rings (SSSR count). The van der Waals surface area contributed by atoms with Gasteiger partial charge in [0.25, 0.3) is 5.69 Å². The van der Waals surface area contributed by atoms with E-state index in [2.05, 4.69) is 5.32 Å². The number of nitrogens with zero attached hydrogens (tertiary/aromatic N) is 2. The minimum absolute atomic E-state index is 0.0766. The molecule has 0 unspecified atom stereocenters. The van der Waals surface area contributed by atoms with Gasteiger partial charge in [0.1, 0.15) is 6.04 Å². The van der Waals surface area contributed by atoms with Crippen molar-refractivity contribution in [1.82, 2.24) is 10.2 Å². The van der Waals surface area contributed by atoms with E-state index in [4.69, 9.17) is 0 Å². The first-order valence-electron chi connectivity index (χ1n) is 11.4. The van der Waals surface area contributed by atoms with Crippen LogP contribution in [-0.4, -0.2) is 40.3 Å². The molecule has 0 aliphatic heterocycles. The minimum atomic E-state index is -0.602. The van der Waals surface area contributed by atoms with E-state index in [1.165, 1.54) is 6.07 Å². The maximum atomic E-state index is 13.4. The van der Waals surface area contributed by atoms with Crippen molar-refractivity contribution in [3.8, 4) is 0 Å². The van der Waals surface area contributed by atoms with Crippen molar-refractivity contribution in [3.05, 3.63) is 75.8 Å². The van der Waals surface area contributed by atoms with Crippen molar-refractivity contribution < 1.29 is 14.5 Å². The number of para-hydroxylation sites is 1. The van der Waals surface area contributed by atoms with Gasteiger partial charge in [0.2, 0.25) is 11.8 Å². The van der Waals surface area contributed by atoms with Crippen LogP contribution in [0, 0.1) is 10.1 Å². The molecule has 2 aromatic carbocycles. The summed E-state index contributed by atoms with van der Waals surface area (Å²) in [5.74, 6) is -0.410. The molecule has 2 amide bonds. The molecule has 0 saturated heterocycles. The monoisotopic (exact) mass is 437 g/mol. The highest BCUT2D eigenvalue weighted by Gasteiger charge is 2.31. The van der Waals surface area contributed by atoms with Crippen molar-refractivity contribution in [2.75, 3.05) is 6.54 Å². The lowest BCUT2D eigenvalue weighted by Gasteiger charge is -2.31. The zero-order chi connectivity index (χ0) is 22.9. The van der Waals surface area contributed by atoms with Gasteiger partial charge in [-0.1, -0.05) is 68.3 Å². The van der Waals surface area contributed by atoms with E-state index in [0.29, 0.717) is 24.9 Å². The van der Waals surface area contributed by atoms with Crippen LogP contribution >= 0.6 is 0 Å². The van der Waals surface area contributed by atoms with Gasteiger partial charge < -0.3 is 10.2 Å². The third-order valence-electron chi connectivity index (χ3n) is 6.10. The maximum absolute atomic E-state index is 13.4. The number of benzene rings is 2. The molecule has 170 valence electrons. The average Bonchev–Trinajstić information content (AvgIpc) is 3.30. The lowest BCUT2D eigenvalue weighted by Crippen LogP contribution is -2.52. The van der Waals surface area contributed by atoms with Crippen molar-refractivity contribution in [2.24, 2.45) is 0 Å². The molecule has 1 atom stereocenters. The second-order valence-electron chi connectivity index (χ2n) is 8.30. The normalized spacial score (nSPS) is 14.7. The van der Waals surface area contributed by atoms with Crippen LogP contribution < -0.4 is 5.32 Å². The largest absolute Gasteiger partial charge is 0.352 e. The van der Waals surface area contributed by atoms with E-state index in [1.54, 1.807) is 23.1 Å². The van der Waals surface area contributed by atoms with Gasteiger partial charge in [0.15, 0.2) is 0 Å². The second-order valence-corrected chi connectivity index (χ2v) is 8.30. The van der Waals surface area contributed by atoms with Crippen LogP contribution in [0.3, 0.4) is 0 Å². The third kappa shape index (κ3) is 6.15. The Hall–Kier alpha value is -3.22. The van der Waals surface area contributed by atoms with Gasteiger partial charge in [0.05, 0.1) is 11.3 Å². The van der Waals surface area contributed by atoms with Crippen LogP contribution in [-0.2, 0) is 22.4 Å². The molecule has 0 bridgehead atoms. The van der Waals surface area contributed by atoms with Gasteiger partial charge in [-0.2, -0.15) is 0 Å². The molecular weight excluding hydrogens is 406 g/mol. The molecule has 32 heavy (non-hydrogen) atoms. The van der Waals surface area contributed by atoms with Crippen molar-refractivity contribution in [1.29, 1.82) is 0 Å². The Balaban J connectivity index is 1.80. The molecule has 0 aromatic heterocycles. The van der Waals surface area contributed by atoms with E-state index in [1.807, 2.05) is 37.3 Å². The predicted molar refractivity (Wildman–Crippen MR) is 123 cm³/mol. The number of nitrogens with one attached hydrogen (secondary N) is 1. The average molecular weight is 438 g/mol. The first kappa shape index (κ1) is 23.4. The summed E-state index contributed by atoms with van der Waals surface area (Å²) in [7, 11) is 0. The summed E-state index contributed by atoms with van der Waals surface area (Å²) in [6.07, 6.45) is 5.13. The number of amides is 2. The Morgan fingerprint density at radius 1 is 1.09 bits per heavy atom. The highest BCUT2D eigenvalue weighted by molar-refractivity contribution is 5.89. The van der Waals surface area contributed by atoms with Crippen LogP contribution in [0.2, 0.25) is 0 Å². The first-order chi connectivity index (χ1) is 15.5. The lowest BCUT2D eigenvalue weighted by atomic mass is 10.0. The van der Waals surface area contributed by atoms with Crippen LogP contribution in [0.1, 0.15) is 50.2 Å². The Kier molecular flexibility index (Phi) is 8.36. The molecular formula is C25H31N3O4. The number of carbonyl (C=O) groups is 2. The van der Waals surface area contributed by atoms with Crippen LogP contribution in [0.15, 0.2) is 54.6 Å². The third-order valence-corrected chi connectivity index (χ3v) is 6.10. The van der Waals surface area contributed by atoms with Gasteiger partial charge in [-0.3, -0.25) is 19.7 Å². The summed E-state index contributed by atoms with van der Waals surface area (Å²) in [6.45, 7) is 2.27. The number of rotatable bonds is 10. The van der Waals surface area contributed by atoms with Gasteiger partial charge in [-0.15, -0.1) is 0 Å². The number of nitro benzene ring substituents is 1. The summed E-state index contributed by atoms with van der Waals surface area (Å²) in [4.78, 5) is 39.0. The number of hydrogen-bond donors (Lipinski definition) is 1. The second kappa shape index (κ2) is 11.4. The molecule has 0 spiro atoms. The Bertz CT molecular complexity index is 926. The van der Waals surface area contributed by atoms with Crippen LogP contribution in [0.25, 0.3) is 0 Å². The van der Waals surface area contributed by atoms with E-state index >= 15 is 0 Å². The fourth-order valence-electron chi connectivity index (χ4n) is 4.37. The topological polar surface area (TPSA) is 92.6 Å². The zero-order valence-electron chi connectivity index (χ0n) is 18.5. The first-order valence-corrected chi connectivity index (χ1v) is 11.4. The van der Waals surface area contributed by atoms with Gasteiger partial charge >= 0.3 is 0 Å². The smallest absolute Gasteiger partial charge is 0.273 e. The fraction of sp³-hybridized carbons (Fsp3) is 0.440. The highest BCUT2D eigenvalue weighted by atomic mass is 16.6. The molecule has 1 aliphatic carbocycles. The van der Waals surface area contributed by atoms with Crippen molar-refractivity contribution in [3.63, 3.8) is 0 Å². The molecule has 0 radical (unpaired) electrons. The van der Waals surface area contributed by atoms with Gasteiger partial charge in [0, 0.05) is 24.2 Å². The van der Waals surface area contributed by atoms with E-state index in [-0.39, 0.29) is 30.0 Å². The van der Waals surface area contributed by atoms with Crippen LogP contribution in [0.4, 0.5) is 5.69 Å². The summed E-state index contributed by atoms with van der Waals surface area (Å²) >= 11 is 0. The summed E-state index contributed by atoms with van der Waals surface area (Å²) in [6, 6.07) is 15.6. The van der Waals surface area contributed by atoms with E-state index in [9.17, 15) is 19.7 Å². The van der Waals surface area contributed by atoms with Crippen molar-refractivity contribution in [2.45, 2.75) is 64.0 Å².